The summed E-state index contributed by atoms with van der Waals surface area (Å²) in [5, 5.41) is 9.90. The lowest BCUT2D eigenvalue weighted by atomic mass is 10.1. The number of benzene rings is 2. The molecule has 2 aromatic carbocycles. The third-order valence-corrected chi connectivity index (χ3v) is 3.59. The first kappa shape index (κ1) is 14.3. The van der Waals surface area contributed by atoms with Crippen LogP contribution in [0.5, 0.6) is 0 Å². The summed E-state index contributed by atoms with van der Waals surface area (Å²) in [6, 6.07) is 11.2. The molecule has 0 bridgehead atoms. The highest BCUT2D eigenvalue weighted by atomic mass is 35.5. The van der Waals surface area contributed by atoms with E-state index in [2.05, 4.69) is 4.98 Å². The van der Waals surface area contributed by atoms with Gasteiger partial charge in [0.25, 0.3) is 5.56 Å². The number of fused-ring (bicyclic) bond motifs is 1. The lowest BCUT2D eigenvalue weighted by Gasteiger charge is -2.11. The highest BCUT2D eigenvalue weighted by Crippen LogP contribution is 2.17. The summed E-state index contributed by atoms with van der Waals surface area (Å²) < 4.78 is 1.45. The molecule has 0 saturated heterocycles. The van der Waals surface area contributed by atoms with Crippen LogP contribution < -0.4 is 5.56 Å². The summed E-state index contributed by atoms with van der Waals surface area (Å²) in [7, 11) is 0. The van der Waals surface area contributed by atoms with E-state index < -0.39 is 5.97 Å². The molecule has 1 heterocycles. The summed E-state index contributed by atoms with van der Waals surface area (Å²) in [6.07, 6.45) is 0. The molecule has 0 spiro atoms. The molecule has 0 aliphatic rings. The molecule has 0 saturated carbocycles. The normalized spacial score (nSPS) is 10.8. The summed E-state index contributed by atoms with van der Waals surface area (Å²) in [5.41, 5.74) is 0.813. The van der Waals surface area contributed by atoms with Crippen molar-refractivity contribution in [2.75, 3.05) is 0 Å². The Hall–Kier alpha value is -2.66. The van der Waals surface area contributed by atoms with Crippen LogP contribution >= 0.6 is 11.6 Å². The van der Waals surface area contributed by atoms with Crippen LogP contribution in [0.3, 0.4) is 0 Å². The van der Waals surface area contributed by atoms with E-state index >= 15 is 0 Å². The van der Waals surface area contributed by atoms with Crippen molar-refractivity contribution in [2.24, 2.45) is 0 Å². The Kier molecular flexibility index (Phi) is 3.42. The first-order chi connectivity index (χ1) is 10.5. The van der Waals surface area contributed by atoms with E-state index in [0.29, 0.717) is 27.4 Å². The number of hydrogen-bond acceptors (Lipinski definition) is 3. The minimum Gasteiger partial charge on any atom is -0.478 e. The summed E-state index contributed by atoms with van der Waals surface area (Å²) in [5.74, 6) is -0.595. The molecular formula is C16H11ClN2O3. The number of nitrogens with zero attached hydrogens (tertiary/aromatic N) is 2. The van der Waals surface area contributed by atoms with Gasteiger partial charge in [-0.15, -0.1) is 0 Å². The summed E-state index contributed by atoms with van der Waals surface area (Å²) in [4.78, 5) is 28.0. The Bertz CT molecular complexity index is 963. The molecule has 1 N–H and O–H groups in total. The Balaban J connectivity index is 2.32. The maximum absolute atomic E-state index is 12.7. The number of carboxylic acids is 1. The Morgan fingerprint density at radius 2 is 2.00 bits per heavy atom. The molecule has 0 atom stereocenters. The van der Waals surface area contributed by atoms with Gasteiger partial charge in [0.15, 0.2) is 0 Å². The summed E-state index contributed by atoms with van der Waals surface area (Å²) >= 11 is 5.97. The predicted octanol–water partition coefficient (Wildman–Crippen LogP) is 3.05. The van der Waals surface area contributed by atoms with Crippen LogP contribution in [0.1, 0.15) is 16.2 Å². The van der Waals surface area contributed by atoms with Gasteiger partial charge in [0, 0.05) is 5.02 Å². The van der Waals surface area contributed by atoms with Crippen LogP contribution in [0, 0.1) is 6.92 Å². The summed E-state index contributed by atoms with van der Waals surface area (Å²) in [6.45, 7) is 1.69. The van der Waals surface area contributed by atoms with Gasteiger partial charge in [-0.2, -0.15) is 0 Å². The second-order valence-electron chi connectivity index (χ2n) is 4.82. The smallest absolute Gasteiger partial charge is 0.335 e. The molecule has 22 heavy (non-hydrogen) atoms. The number of rotatable bonds is 2. The van der Waals surface area contributed by atoms with Crippen molar-refractivity contribution < 1.29 is 9.90 Å². The van der Waals surface area contributed by atoms with E-state index in [1.807, 2.05) is 0 Å². The zero-order valence-corrected chi connectivity index (χ0v) is 12.3. The molecule has 6 heteroatoms. The van der Waals surface area contributed by atoms with Gasteiger partial charge in [0.1, 0.15) is 5.82 Å². The molecule has 0 unspecified atom stereocenters. The van der Waals surface area contributed by atoms with Gasteiger partial charge in [0.2, 0.25) is 0 Å². The first-order valence-electron chi connectivity index (χ1n) is 6.50. The van der Waals surface area contributed by atoms with Crippen molar-refractivity contribution in [1.82, 2.24) is 9.55 Å². The maximum atomic E-state index is 12.7. The van der Waals surface area contributed by atoms with Crippen molar-refractivity contribution in [3.63, 3.8) is 0 Å². The molecule has 0 aliphatic heterocycles. The molecule has 5 nitrogen and oxygen atoms in total. The van der Waals surface area contributed by atoms with Crippen molar-refractivity contribution >= 4 is 28.5 Å². The zero-order chi connectivity index (χ0) is 15.9. The standard InChI is InChI=1S/C16H11ClN2O3/c1-9-18-14-7-10(16(21)22)5-6-13(14)15(20)19(9)12-4-2-3-11(17)8-12/h2-8H,1H3,(H,21,22). The second-order valence-corrected chi connectivity index (χ2v) is 5.25. The van der Waals surface area contributed by atoms with Gasteiger partial charge in [0.05, 0.1) is 22.2 Å². The zero-order valence-electron chi connectivity index (χ0n) is 11.6. The average Bonchev–Trinajstić information content (AvgIpc) is 2.46. The van der Waals surface area contributed by atoms with Crippen molar-refractivity contribution in [3.8, 4) is 5.69 Å². The van der Waals surface area contributed by atoms with Crippen molar-refractivity contribution in [2.45, 2.75) is 6.92 Å². The van der Waals surface area contributed by atoms with Crippen LogP contribution in [0.15, 0.2) is 47.3 Å². The van der Waals surface area contributed by atoms with Gasteiger partial charge >= 0.3 is 5.97 Å². The highest BCUT2D eigenvalue weighted by Gasteiger charge is 2.12. The van der Waals surface area contributed by atoms with E-state index in [1.165, 1.54) is 22.8 Å². The minimum absolute atomic E-state index is 0.0966. The predicted molar refractivity (Wildman–Crippen MR) is 84.0 cm³/mol. The highest BCUT2D eigenvalue weighted by molar-refractivity contribution is 6.30. The first-order valence-corrected chi connectivity index (χ1v) is 6.88. The Morgan fingerprint density at radius 1 is 1.23 bits per heavy atom. The van der Waals surface area contributed by atoms with Crippen LogP contribution in [0.25, 0.3) is 16.6 Å². The van der Waals surface area contributed by atoms with E-state index in [4.69, 9.17) is 16.7 Å². The Labute approximate surface area is 130 Å². The lowest BCUT2D eigenvalue weighted by Crippen LogP contribution is -2.22. The van der Waals surface area contributed by atoms with E-state index in [1.54, 1.807) is 31.2 Å². The molecule has 3 aromatic rings. The average molecular weight is 315 g/mol. The second kappa shape index (κ2) is 5.27. The fourth-order valence-electron chi connectivity index (χ4n) is 2.35. The molecule has 0 amide bonds. The number of carboxylic acid groups (broad SMARTS) is 1. The number of hydrogen-bond donors (Lipinski definition) is 1. The van der Waals surface area contributed by atoms with Gasteiger partial charge in [-0.1, -0.05) is 17.7 Å². The van der Waals surface area contributed by atoms with E-state index in [-0.39, 0.29) is 11.1 Å². The monoisotopic (exact) mass is 314 g/mol. The fraction of sp³-hybridized carbons (Fsp3) is 0.0625. The number of aryl methyl sites for hydroxylation is 1. The number of aromatic nitrogens is 2. The van der Waals surface area contributed by atoms with E-state index in [9.17, 15) is 9.59 Å². The van der Waals surface area contributed by atoms with Crippen molar-refractivity contribution in [1.29, 1.82) is 0 Å². The third kappa shape index (κ3) is 2.35. The largest absolute Gasteiger partial charge is 0.478 e. The van der Waals surface area contributed by atoms with Gasteiger partial charge < -0.3 is 5.11 Å². The van der Waals surface area contributed by atoms with Crippen LogP contribution in [-0.4, -0.2) is 20.6 Å². The number of carbonyl (C=O) groups is 1. The van der Waals surface area contributed by atoms with Crippen LogP contribution in [0.4, 0.5) is 0 Å². The number of halogens is 1. The maximum Gasteiger partial charge on any atom is 0.335 e. The Morgan fingerprint density at radius 3 is 2.68 bits per heavy atom. The quantitative estimate of drug-likeness (QED) is 0.789. The van der Waals surface area contributed by atoms with Gasteiger partial charge in [-0.3, -0.25) is 9.36 Å². The minimum atomic E-state index is -1.06. The molecule has 0 aliphatic carbocycles. The van der Waals surface area contributed by atoms with E-state index in [0.717, 1.165) is 0 Å². The van der Waals surface area contributed by atoms with Crippen LogP contribution in [0.2, 0.25) is 5.02 Å². The van der Waals surface area contributed by atoms with Gasteiger partial charge in [-0.05, 0) is 43.3 Å². The van der Waals surface area contributed by atoms with Crippen LogP contribution in [-0.2, 0) is 0 Å². The molecule has 110 valence electrons. The molecule has 3 rings (SSSR count). The molecular weight excluding hydrogens is 304 g/mol. The number of aromatic carboxylic acids is 1. The SMILES string of the molecule is Cc1nc2cc(C(=O)O)ccc2c(=O)n1-c1cccc(Cl)c1. The molecule has 1 aromatic heterocycles. The van der Waals surface area contributed by atoms with Gasteiger partial charge in [-0.25, -0.2) is 9.78 Å². The van der Waals surface area contributed by atoms with Crippen molar-refractivity contribution in [3.05, 3.63) is 69.2 Å². The molecule has 0 radical (unpaired) electrons. The molecule has 0 fully saturated rings. The fourth-order valence-corrected chi connectivity index (χ4v) is 2.53. The lowest BCUT2D eigenvalue weighted by molar-refractivity contribution is 0.0697. The third-order valence-electron chi connectivity index (χ3n) is 3.35. The topological polar surface area (TPSA) is 72.2 Å².